The summed E-state index contributed by atoms with van der Waals surface area (Å²) in [6, 6.07) is 15.4. The van der Waals surface area contributed by atoms with E-state index in [4.69, 9.17) is 0 Å². The van der Waals surface area contributed by atoms with Gasteiger partial charge in [0.25, 0.3) is 0 Å². The standard InChI is InChI=1S/C16H20N2O2S2/c1-21(19)15-8-5-6-13(10-15)11-17-18-12-14-7-3-4-9-16(14)22(2)20/h3-10,17-18H,11-12H2,1-2H3. The lowest BCUT2D eigenvalue weighted by molar-refractivity contribution is 0.526. The van der Waals surface area contributed by atoms with Crippen LogP contribution in [0.4, 0.5) is 0 Å². The molecule has 22 heavy (non-hydrogen) atoms. The minimum atomic E-state index is -0.992. The van der Waals surface area contributed by atoms with E-state index in [0.717, 1.165) is 20.9 Å². The third-order valence-electron chi connectivity index (χ3n) is 3.21. The highest BCUT2D eigenvalue weighted by Gasteiger charge is 2.04. The van der Waals surface area contributed by atoms with Crippen LogP contribution in [0.2, 0.25) is 0 Å². The normalized spacial score (nSPS) is 13.7. The van der Waals surface area contributed by atoms with Crippen molar-refractivity contribution in [3.05, 3.63) is 59.7 Å². The first-order chi connectivity index (χ1) is 10.6. The molecule has 2 atom stereocenters. The molecule has 0 bridgehead atoms. The van der Waals surface area contributed by atoms with Gasteiger partial charge < -0.3 is 0 Å². The van der Waals surface area contributed by atoms with Crippen LogP contribution in [0.5, 0.6) is 0 Å². The van der Waals surface area contributed by atoms with Crippen molar-refractivity contribution in [3.8, 4) is 0 Å². The Morgan fingerprint density at radius 2 is 1.59 bits per heavy atom. The smallest absolute Gasteiger partial charge is 0.0501 e. The summed E-state index contributed by atoms with van der Waals surface area (Å²) in [7, 11) is -1.96. The molecule has 0 aromatic heterocycles. The molecule has 2 aromatic carbocycles. The second kappa shape index (κ2) is 8.33. The predicted molar refractivity (Wildman–Crippen MR) is 91.2 cm³/mol. The van der Waals surface area contributed by atoms with Gasteiger partial charge in [-0.1, -0.05) is 30.3 Å². The van der Waals surface area contributed by atoms with Gasteiger partial charge in [-0.05, 0) is 29.3 Å². The van der Waals surface area contributed by atoms with Crippen LogP contribution in [-0.4, -0.2) is 20.9 Å². The molecule has 0 fully saturated rings. The van der Waals surface area contributed by atoms with Crippen molar-refractivity contribution in [1.82, 2.24) is 10.9 Å². The molecule has 2 unspecified atom stereocenters. The molecule has 6 heteroatoms. The van der Waals surface area contributed by atoms with Crippen LogP contribution in [0.25, 0.3) is 0 Å². The summed E-state index contributed by atoms with van der Waals surface area (Å²) in [5.74, 6) is 0. The van der Waals surface area contributed by atoms with Crippen molar-refractivity contribution in [1.29, 1.82) is 0 Å². The third kappa shape index (κ3) is 4.84. The second-order valence-electron chi connectivity index (χ2n) is 4.87. The van der Waals surface area contributed by atoms with Gasteiger partial charge in [0, 0.05) is 46.2 Å². The summed E-state index contributed by atoms with van der Waals surface area (Å²) in [4.78, 5) is 1.67. The second-order valence-corrected chi connectivity index (χ2v) is 7.60. The van der Waals surface area contributed by atoms with Gasteiger partial charge in [0.15, 0.2) is 0 Å². The molecule has 4 nitrogen and oxygen atoms in total. The molecule has 0 amide bonds. The Kier molecular flexibility index (Phi) is 6.45. The summed E-state index contributed by atoms with van der Waals surface area (Å²) in [6.45, 7) is 1.22. The quantitative estimate of drug-likeness (QED) is 0.599. The summed E-state index contributed by atoms with van der Waals surface area (Å²) in [5.41, 5.74) is 8.34. The summed E-state index contributed by atoms with van der Waals surface area (Å²) >= 11 is 0. The van der Waals surface area contributed by atoms with Gasteiger partial charge in [0.05, 0.1) is 10.8 Å². The number of hydrazine groups is 1. The molecule has 0 heterocycles. The molecule has 0 saturated heterocycles. The minimum Gasteiger partial charge on any atom is -0.255 e. The van der Waals surface area contributed by atoms with Crippen LogP contribution < -0.4 is 10.9 Å². The molecule has 118 valence electrons. The Bertz CT molecular complexity index is 689. The topological polar surface area (TPSA) is 58.2 Å². The zero-order valence-electron chi connectivity index (χ0n) is 12.7. The number of benzene rings is 2. The first-order valence-electron chi connectivity index (χ1n) is 6.87. The highest BCUT2D eigenvalue weighted by Crippen LogP contribution is 2.12. The van der Waals surface area contributed by atoms with Crippen molar-refractivity contribution < 1.29 is 8.42 Å². The summed E-state index contributed by atoms with van der Waals surface area (Å²) in [6.07, 6.45) is 3.36. The Labute approximate surface area is 136 Å². The lowest BCUT2D eigenvalue weighted by Crippen LogP contribution is -2.30. The van der Waals surface area contributed by atoms with Gasteiger partial charge in [0.1, 0.15) is 0 Å². The predicted octanol–water partition coefficient (Wildman–Crippen LogP) is 1.96. The van der Waals surface area contributed by atoms with E-state index in [-0.39, 0.29) is 0 Å². The number of rotatable bonds is 7. The zero-order chi connectivity index (χ0) is 15.9. The fourth-order valence-electron chi connectivity index (χ4n) is 2.09. The highest BCUT2D eigenvalue weighted by atomic mass is 32.2. The van der Waals surface area contributed by atoms with E-state index >= 15 is 0 Å². The van der Waals surface area contributed by atoms with E-state index in [1.165, 1.54) is 0 Å². The number of nitrogens with one attached hydrogen (secondary N) is 2. The van der Waals surface area contributed by atoms with Crippen molar-refractivity contribution in [2.75, 3.05) is 12.5 Å². The zero-order valence-corrected chi connectivity index (χ0v) is 14.3. The molecule has 2 aromatic rings. The van der Waals surface area contributed by atoms with Crippen molar-refractivity contribution in [2.24, 2.45) is 0 Å². The highest BCUT2D eigenvalue weighted by molar-refractivity contribution is 7.84. The van der Waals surface area contributed by atoms with E-state index in [2.05, 4.69) is 10.9 Å². The maximum atomic E-state index is 11.7. The molecular formula is C16H20N2O2S2. The van der Waals surface area contributed by atoms with E-state index in [1.807, 2.05) is 48.5 Å². The van der Waals surface area contributed by atoms with Gasteiger partial charge in [-0.15, -0.1) is 0 Å². The molecule has 0 saturated carbocycles. The maximum Gasteiger partial charge on any atom is 0.0501 e. The van der Waals surface area contributed by atoms with Crippen LogP contribution in [0.1, 0.15) is 11.1 Å². The Morgan fingerprint density at radius 3 is 2.32 bits per heavy atom. The molecule has 0 aliphatic rings. The molecule has 2 N–H and O–H groups in total. The van der Waals surface area contributed by atoms with E-state index in [9.17, 15) is 8.42 Å². The monoisotopic (exact) mass is 336 g/mol. The van der Waals surface area contributed by atoms with E-state index < -0.39 is 21.6 Å². The van der Waals surface area contributed by atoms with Gasteiger partial charge in [0.2, 0.25) is 0 Å². The number of hydrogen-bond acceptors (Lipinski definition) is 4. The minimum absolute atomic E-state index is 0.592. The maximum absolute atomic E-state index is 11.7. The molecular weight excluding hydrogens is 316 g/mol. The number of hydrogen-bond donors (Lipinski definition) is 2. The molecule has 0 aliphatic heterocycles. The Morgan fingerprint density at radius 1 is 0.864 bits per heavy atom. The largest absolute Gasteiger partial charge is 0.255 e. The average Bonchev–Trinajstić information content (AvgIpc) is 2.52. The van der Waals surface area contributed by atoms with Crippen molar-refractivity contribution in [3.63, 3.8) is 0 Å². The van der Waals surface area contributed by atoms with Crippen molar-refractivity contribution in [2.45, 2.75) is 22.9 Å². The molecule has 2 rings (SSSR count). The first-order valence-corrected chi connectivity index (χ1v) is 9.99. The molecule has 0 radical (unpaired) electrons. The van der Waals surface area contributed by atoms with Crippen LogP contribution in [0.15, 0.2) is 58.3 Å². The third-order valence-corrected chi connectivity index (χ3v) is 5.14. The summed E-state index contributed by atoms with van der Waals surface area (Å²) < 4.78 is 23.1. The lowest BCUT2D eigenvalue weighted by Gasteiger charge is -2.10. The molecule has 0 aliphatic carbocycles. The van der Waals surface area contributed by atoms with Gasteiger partial charge in [-0.2, -0.15) is 0 Å². The van der Waals surface area contributed by atoms with Crippen LogP contribution in [-0.2, 0) is 34.7 Å². The lowest BCUT2D eigenvalue weighted by atomic mass is 10.2. The SMILES string of the molecule is CS(=O)c1cccc(CNNCc2ccccc2S(C)=O)c1. The van der Waals surface area contributed by atoms with Crippen LogP contribution in [0.3, 0.4) is 0 Å². The Hall–Kier alpha value is -1.34. The van der Waals surface area contributed by atoms with E-state index in [0.29, 0.717) is 13.1 Å². The van der Waals surface area contributed by atoms with Crippen LogP contribution >= 0.6 is 0 Å². The Balaban J connectivity index is 1.89. The van der Waals surface area contributed by atoms with E-state index in [1.54, 1.807) is 12.5 Å². The fourth-order valence-corrected chi connectivity index (χ4v) is 3.45. The van der Waals surface area contributed by atoms with Gasteiger partial charge >= 0.3 is 0 Å². The average molecular weight is 336 g/mol. The van der Waals surface area contributed by atoms with Gasteiger partial charge in [-0.3, -0.25) is 19.3 Å². The fraction of sp³-hybridized carbons (Fsp3) is 0.250. The van der Waals surface area contributed by atoms with Crippen LogP contribution in [0, 0.1) is 0 Å². The molecule has 0 spiro atoms. The van der Waals surface area contributed by atoms with Crippen molar-refractivity contribution >= 4 is 21.6 Å². The first kappa shape index (κ1) is 17.0. The van der Waals surface area contributed by atoms with Gasteiger partial charge in [-0.25, -0.2) is 0 Å². The summed E-state index contributed by atoms with van der Waals surface area (Å²) in [5, 5.41) is 0.